The van der Waals surface area contributed by atoms with E-state index >= 15 is 0 Å². The number of anilines is 1. The molecule has 1 atom stereocenters. The Morgan fingerprint density at radius 3 is 2.54 bits per heavy atom. The topological polar surface area (TPSA) is 106 Å². The fourth-order valence-electron chi connectivity index (χ4n) is 3.44. The van der Waals surface area contributed by atoms with Crippen molar-refractivity contribution in [3.05, 3.63) is 45.8 Å². The molecule has 1 aliphatic rings. The van der Waals surface area contributed by atoms with E-state index in [1.165, 1.54) is 23.5 Å². The van der Waals surface area contributed by atoms with Gasteiger partial charge in [-0.05, 0) is 48.4 Å². The molecule has 0 unspecified atom stereocenters. The van der Waals surface area contributed by atoms with Gasteiger partial charge >= 0.3 is 0 Å². The second kappa shape index (κ2) is 8.05. The standard InChI is InChI=1S/C20H24N2O4S2/c1-3-28(25,26)14-7-5-13(6-8-14)11-17(23)22-20-18(19(21)24)15-9-4-12(2)10-16(15)27-20/h5-8,12H,3-4,9-11H2,1-2H3,(H2,21,24)(H,22,23)/t12-/m1/s1. The third-order valence-electron chi connectivity index (χ3n) is 5.04. The van der Waals surface area contributed by atoms with E-state index < -0.39 is 15.7 Å². The summed E-state index contributed by atoms with van der Waals surface area (Å²) in [6, 6.07) is 6.31. The number of hydrogen-bond donors (Lipinski definition) is 2. The Hall–Kier alpha value is -2.19. The third-order valence-corrected chi connectivity index (χ3v) is 7.96. The molecule has 0 bridgehead atoms. The first-order valence-electron chi connectivity index (χ1n) is 9.27. The summed E-state index contributed by atoms with van der Waals surface area (Å²) in [4.78, 5) is 25.8. The van der Waals surface area contributed by atoms with Crippen LogP contribution < -0.4 is 11.1 Å². The summed E-state index contributed by atoms with van der Waals surface area (Å²) in [7, 11) is -3.26. The predicted molar refractivity (Wildman–Crippen MR) is 111 cm³/mol. The summed E-state index contributed by atoms with van der Waals surface area (Å²) in [5, 5.41) is 3.34. The lowest BCUT2D eigenvalue weighted by Gasteiger charge is -2.18. The number of carbonyl (C=O) groups is 2. The number of nitrogens with two attached hydrogens (primary N) is 1. The minimum Gasteiger partial charge on any atom is -0.365 e. The average Bonchev–Trinajstić information content (AvgIpc) is 2.98. The summed E-state index contributed by atoms with van der Waals surface area (Å²) >= 11 is 1.43. The van der Waals surface area contributed by atoms with Gasteiger partial charge in [0.25, 0.3) is 5.91 Å². The van der Waals surface area contributed by atoms with Crippen LogP contribution in [0.2, 0.25) is 0 Å². The molecule has 0 saturated carbocycles. The van der Waals surface area contributed by atoms with E-state index in [9.17, 15) is 18.0 Å². The molecule has 3 N–H and O–H groups in total. The lowest BCUT2D eigenvalue weighted by atomic mass is 9.88. The normalized spacial score (nSPS) is 16.4. The van der Waals surface area contributed by atoms with Crippen molar-refractivity contribution in [3.8, 4) is 0 Å². The van der Waals surface area contributed by atoms with Crippen LogP contribution in [0.1, 0.15) is 46.6 Å². The molecular formula is C20H24N2O4S2. The molecule has 2 aromatic rings. The van der Waals surface area contributed by atoms with Gasteiger partial charge in [-0.2, -0.15) is 0 Å². The van der Waals surface area contributed by atoms with Crippen molar-refractivity contribution in [1.29, 1.82) is 0 Å². The van der Waals surface area contributed by atoms with Crippen molar-refractivity contribution in [2.45, 2.75) is 44.4 Å². The second-order valence-electron chi connectivity index (χ2n) is 7.19. The van der Waals surface area contributed by atoms with E-state index in [-0.39, 0.29) is 23.0 Å². The molecule has 1 aromatic heterocycles. The first kappa shape index (κ1) is 20.5. The summed E-state index contributed by atoms with van der Waals surface area (Å²) in [5.41, 5.74) is 7.68. The van der Waals surface area contributed by atoms with E-state index in [1.54, 1.807) is 19.1 Å². The van der Waals surface area contributed by atoms with Crippen molar-refractivity contribution in [2.24, 2.45) is 11.7 Å². The van der Waals surface area contributed by atoms with Gasteiger partial charge < -0.3 is 11.1 Å². The molecule has 150 valence electrons. The zero-order valence-corrected chi connectivity index (χ0v) is 17.6. The van der Waals surface area contributed by atoms with E-state index in [0.717, 1.165) is 29.7 Å². The molecule has 6 nitrogen and oxygen atoms in total. The second-order valence-corrected chi connectivity index (χ2v) is 10.6. The number of amides is 2. The molecule has 0 fully saturated rings. The molecule has 2 amide bonds. The first-order valence-corrected chi connectivity index (χ1v) is 11.7. The molecule has 1 aromatic carbocycles. The molecule has 1 aliphatic carbocycles. The number of sulfone groups is 1. The highest BCUT2D eigenvalue weighted by molar-refractivity contribution is 7.91. The Morgan fingerprint density at radius 1 is 1.25 bits per heavy atom. The van der Waals surface area contributed by atoms with Crippen LogP contribution >= 0.6 is 11.3 Å². The van der Waals surface area contributed by atoms with Crippen molar-refractivity contribution < 1.29 is 18.0 Å². The van der Waals surface area contributed by atoms with Crippen molar-refractivity contribution in [3.63, 3.8) is 0 Å². The highest BCUT2D eigenvalue weighted by atomic mass is 32.2. The molecule has 8 heteroatoms. The maximum atomic E-state index is 12.5. The van der Waals surface area contributed by atoms with Gasteiger partial charge in [0.1, 0.15) is 5.00 Å². The van der Waals surface area contributed by atoms with E-state index in [0.29, 0.717) is 22.0 Å². The maximum Gasteiger partial charge on any atom is 0.251 e. The first-order chi connectivity index (χ1) is 13.2. The molecule has 0 radical (unpaired) electrons. The van der Waals surface area contributed by atoms with Gasteiger partial charge in [0.15, 0.2) is 9.84 Å². The maximum absolute atomic E-state index is 12.5. The van der Waals surface area contributed by atoms with E-state index in [2.05, 4.69) is 12.2 Å². The molecular weight excluding hydrogens is 396 g/mol. The smallest absolute Gasteiger partial charge is 0.251 e. The van der Waals surface area contributed by atoms with Gasteiger partial charge in [0, 0.05) is 4.88 Å². The Labute approximate surface area is 169 Å². The molecule has 0 aliphatic heterocycles. The van der Waals surface area contributed by atoms with Crippen LogP contribution in [0.4, 0.5) is 5.00 Å². The number of carbonyl (C=O) groups excluding carboxylic acids is 2. The lowest BCUT2D eigenvalue weighted by Crippen LogP contribution is -2.20. The van der Waals surface area contributed by atoms with Crippen LogP contribution in [-0.2, 0) is 33.9 Å². The number of nitrogens with one attached hydrogen (secondary N) is 1. The molecule has 0 saturated heterocycles. The minimum absolute atomic E-state index is 0.0321. The largest absolute Gasteiger partial charge is 0.365 e. The Morgan fingerprint density at radius 2 is 1.93 bits per heavy atom. The average molecular weight is 421 g/mol. The molecule has 1 heterocycles. The Balaban J connectivity index is 1.76. The molecule has 0 spiro atoms. The SMILES string of the molecule is CCS(=O)(=O)c1ccc(CC(=O)Nc2sc3c(c2C(N)=O)CC[C@@H](C)C3)cc1. The number of primary amides is 1. The van der Waals surface area contributed by atoms with Gasteiger partial charge in [-0.1, -0.05) is 26.0 Å². The fraction of sp³-hybridized carbons (Fsp3) is 0.400. The summed E-state index contributed by atoms with van der Waals surface area (Å²) in [6.07, 6.45) is 2.78. The number of fused-ring (bicyclic) bond motifs is 1. The monoisotopic (exact) mass is 420 g/mol. The Kier molecular flexibility index (Phi) is 5.90. The van der Waals surface area contributed by atoms with Gasteiger partial charge in [-0.3, -0.25) is 9.59 Å². The van der Waals surface area contributed by atoms with Gasteiger partial charge in [-0.25, -0.2) is 8.42 Å². The van der Waals surface area contributed by atoms with Gasteiger partial charge in [0.2, 0.25) is 5.91 Å². The number of benzene rings is 1. The van der Waals surface area contributed by atoms with Crippen molar-refractivity contribution >= 4 is 38.0 Å². The van der Waals surface area contributed by atoms with Crippen LogP contribution in [-0.4, -0.2) is 26.0 Å². The van der Waals surface area contributed by atoms with Crippen LogP contribution in [0, 0.1) is 5.92 Å². The summed E-state index contributed by atoms with van der Waals surface area (Å²) in [5.74, 6) is -0.199. The zero-order chi connectivity index (χ0) is 20.5. The summed E-state index contributed by atoms with van der Waals surface area (Å²) < 4.78 is 23.7. The van der Waals surface area contributed by atoms with Gasteiger partial charge in [0.05, 0.1) is 22.6 Å². The minimum atomic E-state index is -3.26. The fourth-order valence-corrected chi connectivity index (χ4v) is 5.75. The number of hydrogen-bond acceptors (Lipinski definition) is 5. The lowest BCUT2D eigenvalue weighted by molar-refractivity contribution is -0.115. The van der Waals surface area contributed by atoms with E-state index in [4.69, 9.17) is 5.73 Å². The van der Waals surface area contributed by atoms with Crippen LogP contribution in [0.15, 0.2) is 29.2 Å². The highest BCUT2D eigenvalue weighted by Crippen LogP contribution is 2.39. The van der Waals surface area contributed by atoms with Crippen molar-refractivity contribution in [2.75, 3.05) is 11.1 Å². The van der Waals surface area contributed by atoms with Crippen LogP contribution in [0.25, 0.3) is 0 Å². The van der Waals surface area contributed by atoms with Crippen LogP contribution in [0.3, 0.4) is 0 Å². The summed E-state index contributed by atoms with van der Waals surface area (Å²) in [6.45, 7) is 3.77. The Bertz CT molecular complexity index is 1010. The van der Waals surface area contributed by atoms with Crippen LogP contribution in [0.5, 0.6) is 0 Å². The molecule has 3 rings (SSSR count). The third kappa shape index (κ3) is 4.28. The quantitative estimate of drug-likeness (QED) is 0.749. The molecule has 28 heavy (non-hydrogen) atoms. The highest BCUT2D eigenvalue weighted by Gasteiger charge is 2.27. The predicted octanol–water partition coefficient (Wildman–Crippen LogP) is 2.95. The van der Waals surface area contributed by atoms with Crippen molar-refractivity contribution in [1.82, 2.24) is 0 Å². The van der Waals surface area contributed by atoms with E-state index in [1.807, 2.05) is 0 Å². The number of rotatable bonds is 6. The zero-order valence-electron chi connectivity index (χ0n) is 15.9. The number of thiophene rings is 1. The van der Waals surface area contributed by atoms with Gasteiger partial charge in [-0.15, -0.1) is 11.3 Å².